The van der Waals surface area contributed by atoms with Gasteiger partial charge in [-0.25, -0.2) is 0 Å². The lowest BCUT2D eigenvalue weighted by Crippen LogP contribution is -2.23. The smallest absolute Gasteiger partial charge is 0.220 e. The van der Waals surface area contributed by atoms with E-state index in [0.29, 0.717) is 24.4 Å². The number of rotatable bonds is 7. The van der Waals surface area contributed by atoms with E-state index in [4.69, 9.17) is 11.6 Å². The topological polar surface area (TPSA) is 32.3 Å². The summed E-state index contributed by atoms with van der Waals surface area (Å²) in [4.78, 5) is 14.1. The highest BCUT2D eigenvalue weighted by molar-refractivity contribution is 6.30. The van der Waals surface area contributed by atoms with Gasteiger partial charge >= 0.3 is 0 Å². The number of hydrogen-bond donors (Lipinski definition) is 1. The van der Waals surface area contributed by atoms with Crippen LogP contribution >= 0.6 is 11.6 Å². The minimum atomic E-state index is 0.0577. The van der Waals surface area contributed by atoms with Crippen molar-refractivity contribution in [2.24, 2.45) is 0 Å². The van der Waals surface area contributed by atoms with Gasteiger partial charge in [-0.3, -0.25) is 4.79 Å². The van der Waals surface area contributed by atoms with E-state index in [2.05, 4.69) is 34.5 Å². The normalized spacial score (nSPS) is 10.8. The van der Waals surface area contributed by atoms with E-state index in [9.17, 15) is 4.79 Å². The molecule has 4 heteroatoms. The quantitative estimate of drug-likeness (QED) is 0.840. The van der Waals surface area contributed by atoms with Crippen molar-refractivity contribution in [1.82, 2.24) is 10.2 Å². The summed E-state index contributed by atoms with van der Waals surface area (Å²) >= 11 is 5.94. The summed E-state index contributed by atoms with van der Waals surface area (Å²) in [5.74, 6) is 0.0577. The third-order valence-electron chi connectivity index (χ3n) is 3.54. The van der Waals surface area contributed by atoms with E-state index in [-0.39, 0.29) is 5.91 Å². The molecule has 2 aromatic carbocycles. The highest BCUT2D eigenvalue weighted by Gasteiger charge is 2.03. The van der Waals surface area contributed by atoms with Crippen LogP contribution < -0.4 is 5.32 Å². The number of nitrogens with one attached hydrogen (secondary N) is 1. The first kappa shape index (κ1) is 17.5. The van der Waals surface area contributed by atoms with E-state index in [1.807, 2.05) is 38.4 Å². The van der Waals surface area contributed by atoms with E-state index < -0.39 is 0 Å². The number of aryl methyl sites for hydroxylation is 1. The van der Waals surface area contributed by atoms with Gasteiger partial charge in [-0.15, -0.1) is 0 Å². The number of benzene rings is 2. The van der Waals surface area contributed by atoms with Crippen molar-refractivity contribution >= 4 is 17.5 Å². The Morgan fingerprint density at radius 1 is 1.04 bits per heavy atom. The molecule has 0 saturated heterocycles. The van der Waals surface area contributed by atoms with Gasteiger partial charge in [0.1, 0.15) is 0 Å². The van der Waals surface area contributed by atoms with Gasteiger partial charge in [-0.05, 0) is 49.3 Å². The van der Waals surface area contributed by atoms with Gasteiger partial charge in [-0.2, -0.15) is 0 Å². The van der Waals surface area contributed by atoms with Crippen molar-refractivity contribution in [1.29, 1.82) is 0 Å². The van der Waals surface area contributed by atoms with Crippen molar-refractivity contribution in [2.75, 3.05) is 14.1 Å². The Hall–Kier alpha value is -1.84. The maximum absolute atomic E-state index is 11.9. The molecule has 0 radical (unpaired) electrons. The fourth-order valence-corrected chi connectivity index (χ4v) is 2.58. The number of nitrogens with zero attached hydrogens (tertiary/aromatic N) is 1. The maximum Gasteiger partial charge on any atom is 0.220 e. The van der Waals surface area contributed by atoms with Crippen LogP contribution in [0.3, 0.4) is 0 Å². The summed E-state index contributed by atoms with van der Waals surface area (Å²) in [5.41, 5.74) is 3.47. The number of hydrogen-bond acceptors (Lipinski definition) is 2. The first-order valence-electron chi connectivity index (χ1n) is 7.76. The molecule has 0 fully saturated rings. The van der Waals surface area contributed by atoms with Gasteiger partial charge in [0.2, 0.25) is 5.91 Å². The van der Waals surface area contributed by atoms with Crippen LogP contribution in [0.2, 0.25) is 5.02 Å². The molecule has 0 aromatic heterocycles. The van der Waals surface area contributed by atoms with Gasteiger partial charge in [0.25, 0.3) is 0 Å². The molecule has 3 nitrogen and oxygen atoms in total. The summed E-state index contributed by atoms with van der Waals surface area (Å²) in [6, 6.07) is 16.0. The van der Waals surface area contributed by atoms with E-state index in [0.717, 1.165) is 17.7 Å². The van der Waals surface area contributed by atoms with E-state index >= 15 is 0 Å². The molecule has 2 rings (SSSR count). The van der Waals surface area contributed by atoms with Crippen LogP contribution in [0.1, 0.15) is 23.1 Å². The third-order valence-corrected chi connectivity index (χ3v) is 3.78. The number of amides is 1. The van der Waals surface area contributed by atoms with Crippen molar-refractivity contribution in [2.45, 2.75) is 25.9 Å². The highest BCUT2D eigenvalue weighted by Crippen LogP contribution is 2.12. The fraction of sp³-hybridized carbons (Fsp3) is 0.316. The summed E-state index contributed by atoms with van der Waals surface area (Å²) in [6.07, 6.45) is 1.17. The Kier molecular flexibility index (Phi) is 6.63. The highest BCUT2D eigenvalue weighted by atomic mass is 35.5. The SMILES string of the molecule is CN(C)Cc1ccc(CNC(=O)CCc2cccc(Cl)c2)cc1. The molecule has 0 aliphatic carbocycles. The van der Waals surface area contributed by atoms with Gasteiger partial charge in [-0.1, -0.05) is 48.0 Å². The number of carbonyl (C=O) groups is 1. The van der Waals surface area contributed by atoms with Crippen molar-refractivity contribution < 1.29 is 4.79 Å². The average Bonchev–Trinajstić information content (AvgIpc) is 2.52. The average molecular weight is 331 g/mol. The van der Waals surface area contributed by atoms with Crippen molar-refractivity contribution in [3.8, 4) is 0 Å². The summed E-state index contributed by atoms with van der Waals surface area (Å²) in [7, 11) is 4.10. The molecular formula is C19H23ClN2O. The molecule has 0 heterocycles. The first-order valence-corrected chi connectivity index (χ1v) is 8.14. The Bertz CT molecular complexity index is 638. The lowest BCUT2D eigenvalue weighted by molar-refractivity contribution is -0.121. The lowest BCUT2D eigenvalue weighted by Gasteiger charge is -2.10. The van der Waals surface area contributed by atoms with Crippen LogP contribution in [-0.4, -0.2) is 24.9 Å². The van der Waals surface area contributed by atoms with Gasteiger partial charge in [0.05, 0.1) is 0 Å². The molecule has 0 atom stereocenters. The Morgan fingerprint density at radius 3 is 2.39 bits per heavy atom. The van der Waals surface area contributed by atoms with Crippen molar-refractivity contribution in [3.05, 3.63) is 70.2 Å². The third kappa shape index (κ3) is 6.43. The second-order valence-electron chi connectivity index (χ2n) is 5.96. The minimum absolute atomic E-state index is 0.0577. The van der Waals surface area contributed by atoms with Crippen LogP contribution in [-0.2, 0) is 24.3 Å². The monoisotopic (exact) mass is 330 g/mol. The van der Waals surface area contributed by atoms with Crippen LogP contribution in [0.5, 0.6) is 0 Å². The summed E-state index contributed by atoms with van der Waals surface area (Å²) in [5, 5.41) is 3.67. The molecule has 122 valence electrons. The summed E-state index contributed by atoms with van der Waals surface area (Å²) in [6.45, 7) is 1.49. The van der Waals surface area contributed by atoms with Crippen LogP contribution in [0.15, 0.2) is 48.5 Å². The van der Waals surface area contributed by atoms with Crippen molar-refractivity contribution in [3.63, 3.8) is 0 Å². The standard InChI is InChI=1S/C19H23ClN2O/c1-22(2)14-17-8-6-16(7-9-17)13-21-19(23)11-10-15-4-3-5-18(20)12-15/h3-9,12H,10-11,13-14H2,1-2H3,(H,21,23). The zero-order valence-corrected chi connectivity index (χ0v) is 14.4. The fourth-order valence-electron chi connectivity index (χ4n) is 2.37. The van der Waals surface area contributed by atoms with Crippen LogP contribution in [0.4, 0.5) is 0 Å². The lowest BCUT2D eigenvalue weighted by atomic mass is 10.1. The zero-order valence-electron chi connectivity index (χ0n) is 13.7. The molecular weight excluding hydrogens is 308 g/mol. The molecule has 1 amide bonds. The second kappa shape index (κ2) is 8.70. The predicted molar refractivity (Wildman–Crippen MR) is 95.5 cm³/mol. The zero-order chi connectivity index (χ0) is 16.7. The molecule has 0 saturated carbocycles. The molecule has 0 aliphatic rings. The number of carbonyl (C=O) groups excluding carboxylic acids is 1. The van der Waals surface area contributed by atoms with Gasteiger partial charge < -0.3 is 10.2 Å². The number of halogens is 1. The van der Waals surface area contributed by atoms with E-state index in [1.165, 1.54) is 5.56 Å². The molecule has 0 aliphatic heterocycles. The minimum Gasteiger partial charge on any atom is -0.352 e. The van der Waals surface area contributed by atoms with Crippen LogP contribution in [0, 0.1) is 0 Å². The van der Waals surface area contributed by atoms with Gasteiger partial charge in [0.15, 0.2) is 0 Å². The Balaban J connectivity index is 1.75. The van der Waals surface area contributed by atoms with Gasteiger partial charge in [0, 0.05) is 24.5 Å². The second-order valence-corrected chi connectivity index (χ2v) is 6.40. The molecule has 0 bridgehead atoms. The predicted octanol–water partition coefficient (Wildman–Crippen LogP) is 3.65. The van der Waals surface area contributed by atoms with E-state index in [1.54, 1.807) is 0 Å². The largest absolute Gasteiger partial charge is 0.352 e. The summed E-state index contributed by atoms with van der Waals surface area (Å²) < 4.78 is 0. The molecule has 2 aromatic rings. The Morgan fingerprint density at radius 2 is 1.74 bits per heavy atom. The maximum atomic E-state index is 11.9. The first-order chi connectivity index (χ1) is 11.0. The molecule has 23 heavy (non-hydrogen) atoms. The molecule has 0 spiro atoms. The van der Waals surface area contributed by atoms with Crippen LogP contribution in [0.25, 0.3) is 0 Å². The molecule has 0 unspecified atom stereocenters. The Labute approximate surface area is 143 Å². The molecule has 1 N–H and O–H groups in total.